The molecule has 0 aliphatic carbocycles. The number of benzene rings is 1. The molecule has 0 fully saturated rings. The van der Waals surface area contributed by atoms with Crippen LogP contribution in [0.25, 0.3) is 0 Å². The summed E-state index contributed by atoms with van der Waals surface area (Å²) in [7, 11) is 0. The van der Waals surface area contributed by atoms with Gasteiger partial charge >= 0.3 is 0 Å². The zero-order chi connectivity index (χ0) is 13.5. The van der Waals surface area contributed by atoms with E-state index in [0.29, 0.717) is 11.4 Å². The van der Waals surface area contributed by atoms with Crippen LogP contribution in [0.15, 0.2) is 36.7 Å². The molecule has 0 aliphatic heterocycles. The Balaban J connectivity index is 2.11. The van der Waals surface area contributed by atoms with Crippen LogP contribution >= 0.6 is 0 Å². The predicted octanol–water partition coefficient (Wildman–Crippen LogP) is 1.54. The molecular weight excluding hydrogens is 247 g/mol. The first-order valence-corrected chi connectivity index (χ1v) is 5.57. The van der Waals surface area contributed by atoms with Crippen molar-refractivity contribution in [2.24, 2.45) is 0 Å². The van der Waals surface area contributed by atoms with Gasteiger partial charge in [-0.2, -0.15) is 0 Å². The maximum absolute atomic E-state index is 13.5. The van der Waals surface area contributed by atoms with E-state index < -0.39 is 5.82 Å². The second-order valence-corrected chi connectivity index (χ2v) is 3.56. The Bertz CT molecular complexity index is 606. The lowest BCUT2D eigenvalue weighted by Gasteiger charge is -2.06. The maximum atomic E-state index is 13.5. The molecule has 0 bridgehead atoms. The average molecular weight is 258 g/mol. The fraction of sp³-hybridized carbons (Fsp3) is 0.143. The SMILES string of the molecule is OCC#Cc1ccc(F)c(OCc2ncccn2)c1. The molecule has 0 aliphatic rings. The van der Waals surface area contributed by atoms with Gasteiger partial charge in [0.15, 0.2) is 17.4 Å². The Morgan fingerprint density at radius 3 is 2.79 bits per heavy atom. The first-order chi connectivity index (χ1) is 9.29. The van der Waals surface area contributed by atoms with Crippen molar-refractivity contribution in [1.29, 1.82) is 0 Å². The third kappa shape index (κ3) is 3.76. The molecule has 0 amide bonds. The van der Waals surface area contributed by atoms with E-state index in [9.17, 15) is 4.39 Å². The summed E-state index contributed by atoms with van der Waals surface area (Å²) >= 11 is 0. The van der Waals surface area contributed by atoms with Crippen LogP contribution in [-0.2, 0) is 6.61 Å². The van der Waals surface area contributed by atoms with Crippen LogP contribution in [-0.4, -0.2) is 21.7 Å². The second kappa shape index (κ2) is 6.47. The van der Waals surface area contributed by atoms with Crippen molar-refractivity contribution in [2.75, 3.05) is 6.61 Å². The van der Waals surface area contributed by atoms with Gasteiger partial charge in [0.25, 0.3) is 0 Å². The van der Waals surface area contributed by atoms with Crippen LogP contribution in [0, 0.1) is 17.7 Å². The quantitative estimate of drug-likeness (QED) is 0.848. The van der Waals surface area contributed by atoms with Crippen molar-refractivity contribution >= 4 is 0 Å². The number of hydrogen-bond donors (Lipinski definition) is 1. The van der Waals surface area contributed by atoms with E-state index in [1.807, 2.05) is 0 Å². The number of hydrogen-bond acceptors (Lipinski definition) is 4. The van der Waals surface area contributed by atoms with Gasteiger partial charge in [0.1, 0.15) is 13.2 Å². The lowest BCUT2D eigenvalue weighted by Crippen LogP contribution is -2.01. The van der Waals surface area contributed by atoms with E-state index in [2.05, 4.69) is 21.8 Å². The molecule has 2 rings (SSSR count). The molecule has 0 spiro atoms. The third-order valence-corrected chi connectivity index (χ3v) is 2.22. The molecule has 1 aromatic heterocycles. The smallest absolute Gasteiger partial charge is 0.166 e. The van der Waals surface area contributed by atoms with Crippen molar-refractivity contribution in [3.8, 4) is 17.6 Å². The second-order valence-electron chi connectivity index (χ2n) is 3.56. The van der Waals surface area contributed by atoms with E-state index in [-0.39, 0.29) is 19.0 Å². The van der Waals surface area contributed by atoms with Gasteiger partial charge in [0.05, 0.1) is 0 Å². The average Bonchev–Trinajstić information content (AvgIpc) is 2.46. The third-order valence-electron chi connectivity index (χ3n) is 2.22. The van der Waals surface area contributed by atoms with E-state index in [1.165, 1.54) is 18.2 Å². The highest BCUT2D eigenvalue weighted by Gasteiger charge is 2.05. The minimum atomic E-state index is -0.481. The number of aliphatic hydroxyl groups excluding tert-OH is 1. The molecule has 0 unspecified atom stereocenters. The Kier molecular flexibility index (Phi) is 4.43. The molecule has 1 heterocycles. The molecule has 5 heteroatoms. The normalized spacial score (nSPS) is 9.58. The van der Waals surface area contributed by atoms with Crippen LogP contribution in [0.4, 0.5) is 4.39 Å². The maximum Gasteiger partial charge on any atom is 0.166 e. The van der Waals surface area contributed by atoms with E-state index in [0.717, 1.165) is 0 Å². The summed E-state index contributed by atoms with van der Waals surface area (Å²) in [4.78, 5) is 7.95. The van der Waals surface area contributed by atoms with Crippen LogP contribution in [0.2, 0.25) is 0 Å². The van der Waals surface area contributed by atoms with Crippen molar-refractivity contribution in [3.05, 3.63) is 53.9 Å². The van der Waals surface area contributed by atoms with Crippen molar-refractivity contribution in [1.82, 2.24) is 9.97 Å². The minimum Gasteiger partial charge on any atom is -0.482 e. The van der Waals surface area contributed by atoms with Gasteiger partial charge in [-0.15, -0.1) is 0 Å². The summed E-state index contributed by atoms with van der Waals surface area (Å²) in [6.07, 6.45) is 3.18. The monoisotopic (exact) mass is 258 g/mol. The summed E-state index contributed by atoms with van der Waals surface area (Å²) in [5.41, 5.74) is 0.569. The van der Waals surface area contributed by atoms with E-state index >= 15 is 0 Å². The molecule has 1 N–H and O–H groups in total. The Labute approximate surface area is 109 Å². The number of nitrogens with zero attached hydrogens (tertiary/aromatic N) is 2. The van der Waals surface area contributed by atoms with Crippen molar-refractivity contribution < 1.29 is 14.2 Å². The van der Waals surface area contributed by atoms with Gasteiger partial charge in [0, 0.05) is 18.0 Å². The lowest BCUT2D eigenvalue weighted by molar-refractivity contribution is 0.281. The highest BCUT2D eigenvalue weighted by atomic mass is 19.1. The molecule has 96 valence electrons. The fourth-order valence-electron chi connectivity index (χ4n) is 1.38. The highest BCUT2D eigenvalue weighted by molar-refractivity contribution is 5.40. The zero-order valence-electron chi connectivity index (χ0n) is 10.0. The largest absolute Gasteiger partial charge is 0.482 e. The molecule has 19 heavy (non-hydrogen) atoms. The molecule has 0 saturated heterocycles. The molecule has 0 atom stereocenters. The van der Waals surface area contributed by atoms with Crippen LogP contribution in [0.1, 0.15) is 11.4 Å². The van der Waals surface area contributed by atoms with Gasteiger partial charge in [-0.05, 0) is 24.3 Å². The molecular formula is C14H11FN2O2. The van der Waals surface area contributed by atoms with Crippen molar-refractivity contribution in [2.45, 2.75) is 6.61 Å². The van der Waals surface area contributed by atoms with Crippen molar-refractivity contribution in [3.63, 3.8) is 0 Å². The van der Waals surface area contributed by atoms with Crippen LogP contribution < -0.4 is 4.74 Å². The highest BCUT2D eigenvalue weighted by Crippen LogP contribution is 2.19. The summed E-state index contributed by atoms with van der Waals surface area (Å²) in [6, 6.07) is 5.95. The first kappa shape index (κ1) is 13.0. The standard InChI is InChI=1S/C14H11FN2O2/c15-12-5-4-11(3-1-8-18)9-13(12)19-10-14-16-6-2-7-17-14/h2,4-7,9,18H,8,10H2. The summed E-state index contributed by atoms with van der Waals surface area (Å²) in [5.74, 6) is 5.24. The van der Waals surface area contributed by atoms with Crippen LogP contribution in [0.3, 0.4) is 0 Å². The summed E-state index contributed by atoms with van der Waals surface area (Å²) in [6.45, 7) is -0.167. The van der Waals surface area contributed by atoms with E-state index in [1.54, 1.807) is 18.5 Å². The lowest BCUT2D eigenvalue weighted by atomic mass is 10.2. The predicted molar refractivity (Wildman–Crippen MR) is 66.7 cm³/mol. The van der Waals surface area contributed by atoms with Gasteiger partial charge in [0.2, 0.25) is 0 Å². The number of halogens is 1. The first-order valence-electron chi connectivity index (χ1n) is 5.57. The molecule has 0 saturated carbocycles. The molecule has 2 aromatic rings. The van der Waals surface area contributed by atoms with Gasteiger partial charge in [-0.25, -0.2) is 14.4 Å². The summed E-state index contributed by atoms with van der Waals surface area (Å²) < 4.78 is 18.8. The number of ether oxygens (including phenoxy) is 1. The Morgan fingerprint density at radius 1 is 1.26 bits per heavy atom. The van der Waals surface area contributed by atoms with Gasteiger partial charge in [-0.3, -0.25) is 0 Å². The number of aliphatic hydroxyl groups is 1. The molecule has 0 radical (unpaired) electrons. The minimum absolute atomic E-state index is 0.0780. The zero-order valence-corrected chi connectivity index (χ0v) is 10.0. The van der Waals surface area contributed by atoms with Gasteiger partial charge < -0.3 is 9.84 Å². The fourth-order valence-corrected chi connectivity index (χ4v) is 1.38. The number of aromatic nitrogens is 2. The summed E-state index contributed by atoms with van der Waals surface area (Å²) in [5, 5.41) is 8.61. The van der Waals surface area contributed by atoms with Crippen LogP contribution in [0.5, 0.6) is 5.75 Å². The molecule has 4 nitrogen and oxygen atoms in total. The van der Waals surface area contributed by atoms with Gasteiger partial charge in [-0.1, -0.05) is 11.8 Å². The number of rotatable bonds is 3. The Morgan fingerprint density at radius 2 is 2.05 bits per heavy atom. The van der Waals surface area contributed by atoms with E-state index in [4.69, 9.17) is 9.84 Å². The molecule has 1 aromatic carbocycles. The topological polar surface area (TPSA) is 55.2 Å². The Hall–Kier alpha value is -2.45.